The van der Waals surface area contributed by atoms with Crippen LogP contribution in [0.25, 0.3) is 5.70 Å². The molecule has 1 amide bonds. The Labute approximate surface area is 269 Å². The van der Waals surface area contributed by atoms with Gasteiger partial charge < -0.3 is 21.0 Å². The molecule has 0 radical (unpaired) electrons. The summed E-state index contributed by atoms with van der Waals surface area (Å²) in [5.74, 6) is -0.440. The molecule has 1 saturated carbocycles. The smallest absolute Gasteiger partial charge is 0.250 e. The molecular formula is C33H41ClFN9O. The highest BCUT2D eigenvalue weighted by molar-refractivity contribution is 6.33. The number of hydrogen-bond donors (Lipinski definition) is 4. The van der Waals surface area contributed by atoms with Crippen LogP contribution in [0.5, 0.6) is 0 Å². The molecule has 1 saturated heterocycles. The molecule has 2 aromatic rings. The Bertz CT molecular complexity index is 1600. The average Bonchev–Trinajstić information content (AvgIpc) is 3.36. The highest BCUT2D eigenvalue weighted by Crippen LogP contribution is 2.45. The Kier molecular flexibility index (Phi) is 9.10. The number of nitrogens with one attached hydrogen (secondary N) is 4. The number of anilines is 1. The van der Waals surface area contributed by atoms with Gasteiger partial charge in [-0.2, -0.15) is 9.65 Å². The Morgan fingerprint density at radius 3 is 2.60 bits per heavy atom. The zero-order valence-corrected chi connectivity index (χ0v) is 27.3. The van der Waals surface area contributed by atoms with Crippen molar-refractivity contribution in [1.82, 2.24) is 31.2 Å². The molecule has 4 N–H and O–H groups in total. The normalized spacial score (nSPS) is 18.4. The summed E-state index contributed by atoms with van der Waals surface area (Å²) in [6.07, 6.45) is 5.46. The Morgan fingerprint density at radius 2 is 2.00 bits per heavy atom. The fraction of sp³-hybridized carbons (Fsp3) is 0.455. The number of rotatable bonds is 10. The minimum absolute atomic E-state index is 0.0603. The fourth-order valence-electron chi connectivity index (χ4n) is 5.81. The van der Waals surface area contributed by atoms with Crippen molar-refractivity contribution in [2.24, 2.45) is 10.4 Å². The van der Waals surface area contributed by atoms with Crippen LogP contribution in [0, 0.1) is 29.6 Å². The van der Waals surface area contributed by atoms with Gasteiger partial charge in [0.1, 0.15) is 5.54 Å². The van der Waals surface area contributed by atoms with Gasteiger partial charge in [0.25, 0.3) is 0 Å². The van der Waals surface area contributed by atoms with Gasteiger partial charge in [0, 0.05) is 48.3 Å². The first-order valence-corrected chi connectivity index (χ1v) is 15.6. The molecule has 5 rings (SSSR count). The van der Waals surface area contributed by atoms with Crippen LogP contribution in [-0.2, 0) is 4.79 Å². The van der Waals surface area contributed by atoms with Crippen molar-refractivity contribution in [3.63, 3.8) is 0 Å². The van der Waals surface area contributed by atoms with E-state index in [1.807, 2.05) is 22.2 Å². The van der Waals surface area contributed by atoms with Gasteiger partial charge in [-0.1, -0.05) is 38.4 Å². The van der Waals surface area contributed by atoms with E-state index in [1.54, 1.807) is 26.0 Å². The summed E-state index contributed by atoms with van der Waals surface area (Å²) in [5.41, 5.74) is 10.5. The number of carbonyl (C=O) groups is 1. The summed E-state index contributed by atoms with van der Waals surface area (Å²) in [7, 11) is 0. The van der Waals surface area contributed by atoms with E-state index in [9.17, 15) is 14.4 Å². The van der Waals surface area contributed by atoms with Crippen molar-refractivity contribution in [3.05, 3.63) is 69.5 Å². The molecule has 1 aromatic carbocycles. The number of aromatic nitrogens is 1. The van der Waals surface area contributed by atoms with E-state index in [-0.39, 0.29) is 11.3 Å². The third kappa shape index (κ3) is 6.77. The van der Waals surface area contributed by atoms with Gasteiger partial charge in [-0.15, -0.1) is 5.53 Å². The number of benzene rings is 1. The molecule has 238 valence electrons. The van der Waals surface area contributed by atoms with Crippen LogP contribution in [0.2, 0.25) is 5.02 Å². The van der Waals surface area contributed by atoms with Gasteiger partial charge in [-0.05, 0) is 69.9 Å². The zero-order valence-electron chi connectivity index (χ0n) is 26.5. The second-order valence-electron chi connectivity index (χ2n) is 13.1. The molecule has 12 heteroatoms. The quantitative estimate of drug-likeness (QED) is 0.145. The van der Waals surface area contributed by atoms with Crippen LogP contribution in [0.4, 0.5) is 15.8 Å². The van der Waals surface area contributed by atoms with Crippen molar-refractivity contribution in [2.75, 3.05) is 25.0 Å². The van der Waals surface area contributed by atoms with Gasteiger partial charge >= 0.3 is 0 Å². The maximum absolute atomic E-state index is 14.1. The van der Waals surface area contributed by atoms with E-state index in [4.69, 9.17) is 11.6 Å². The number of likely N-dealkylation sites (tertiary alicyclic amines) is 1. The van der Waals surface area contributed by atoms with Crippen LogP contribution in [0.1, 0.15) is 76.2 Å². The lowest BCUT2D eigenvalue weighted by Gasteiger charge is -2.29. The Balaban J connectivity index is 1.54. The molecule has 10 nitrogen and oxygen atoms in total. The van der Waals surface area contributed by atoms with E-state index in [0.29, 0.717) is 51.2 Å². The summed E-state index contributed by atoms with van der Waals surface area (Å²) >= 11 is 6.78. The lowest BCUT2D eigenvalue weighted by atomic mass is 9.95. The predicted octanol–water partition coefficient (Wildman–Crippen LogP) is 5.88. The number of hydrogen-bond acceptors (Lipinski definition) is 9. The lowest BCUT2D eigenvalue weighted by molar-refractivity contribution is -0.137. The molecule has 0 bridgehead atoms. The molecule has 2 fully saturated rings. The summed E-state index contributed by atoms with van der Waals surface area (Å²) in [5, 5.41) is 19.1. The van der Waals surface area contributed by atoms with Crippen molar-refractivity contribution >= 4 is 41.3 Å². The number of halogens is 2. The standard InChI is InChI=1S/C33H41ClFN9O/c1-20(17-36)28(38-19-32(3,4)5)24-15-22(16-25(34)29(24)37-6)40-30(23-9-10-27(35)39-21(23)2)26-18-44(42-41-26)33(11-12-33)31(45)43-13-7-8-14-43/h9-10,15-16,18,30,38,40-42H,6-8,11-14,19H2,1-5H3/b28-20-/t30-/m0/s1. The van der Waals surface area contributed by atoms with Gasteiger partial charge in [0.2, 0.25) is 11.9 Å². The van der Waals surface area contributed by atoms with E-state index in [1.165, 1.54) is 6.07 Å². The molecule has 0 spiro atoms. The van der Waals surface area contributed by atoms with E-state index in [2.05, 4.69) is 65.1 Å². The number of amides is 1. The fourth-order valence-corrected chi connectivity index (χ4v) is 6.08. The zero-order chi connectivity index (χ0) is 32.5. The molecule has 2 aliphatic heterocycles. The van der Waals surface area contributed by atoms with E-state index < -0.39 is 17.5 Å². The number of allylic oxidation sites excluding steroid dienone is 1. The number of aliphatic imine (C=N–C) groups is 1. The second-order valence-corrected chi connectivity index (χ2v) is 13.6. The number of pyridine rings is 1. The number of aryl methyl sites for hydroxylation is 1. The van der Waals surface area contributed by atoms with Gasteiger partial charge in [-0.25, -0.2) is 4.98 Å². The first-order valence-electron chi connectivity index (χ1n) is 15.2. The number of nitrogens with zero attached hydrogens (tertiary/aromatic N) is 5. The Morgan fingerprint density at radius 1 is 1.29 bits per heavy atom. The van der Waals surface area contributed by atoms with Crippen LogP contribution in [0.3, 0.4) is 0 Å². The minimum Gasteiger partial charge on any atom is -0.383 e. The molecule has 1 aliphatic carbocycles. The maximum Gasteiger partial charge on any atom is 0.250 e. The topological polar surface area (TPSA) is 121 Å². The molecule has 1 atom stereocenters. The van der Waals surface area contributed by atoms with E-state index in [0.717, 1.165) is 44.3 Å². The average molecular weight is 634 g/mol. The van der Waals surface area contributed by atoms with Crippen LogP contribution in [0.15, 0.2) is 46.7 Å². The minimum atomic E-state index is -0.638. The molecule has 3 aliphatic rings. The van der Waals surface area contributed by atoms with Crippen LogP contribution < -0.4 is 21.6 Å². The monoisotopic (exact) mass is 633 g/mol. The summed E-state index contributed by atoms with van der Waals surface area (Å²) in [6.45, 7) is 15.7. The first-order chi connectivity index (χ1) is 21.4. The molecule has 3 heterocycles. The highest BCUT2D eigenvalue weighted by atomic mass is 35.5. The van der Waals surface area contributed by atoms with Crippen molar-refractivity contribution in [3.8, 4) is 6.07 Å². The van der Waals surface area contributed by atoms with Gasteiger partial charge in [0.05, 0.1) is 39.8 Å². The molecule has 1 aromatic heterocycles. The second kappa shape index (κ2) is 12.7. The highest BCUT2D eigenvalue weighted by Gasteiger charge is 2.57. The summed E-state index contributed by atoms with van der Waals surface area (Å²) in [6, 6.07) is 8.36. The van der Waals surface area contributed by atoms with Crippen molar-refractivity contribution < 1.29 is 9.18 Å². The van der Waals surface area contributed by atoms with Gasteiger partial charge in [-0.3, -0.25) is 14.8 Å². The molecule has 0 unspecified atom stereocenters. The predicted molar refractivity (Wildman–Crippen MR) is 176 cm³/mol. The van der Waals surface area contributed by atoms with Crippen molar-refractivity contribution in [2.45, 2.75) is 71.9 Å². The summed E-state index contributed by atoms with van der Waals surface area (Å²) in [4.78, 5) is 23.7. The third-order valence-corrected chi connectivity index (χ3v) is 8.71. The number of nitriles is 1. The summed E-state index contributed by atoms with van der Waals surface area (Å²) < 4.78 is 14.1. The molecular weight excluding hydrogens is 593 g/mol. The number of carbonyl (C=O) groups excluding carboxylic acids is 1. The number of hydrazine groups is 2. The van der Waals surface area contributed by atoms with Gasteiger partial charge in [0.15, 0.2) is 0 Å². The lowest BCUT2D eigenvalue weighted by Crippen LogP contribution is -2.53. The van der Waals surface area contributed by atoms with Crippen LogP contribution in [-0.4, -0.2) is 52.7 Å². The van der Waals surface area contributed by atoms with Crippen molar-refractivity contribution in [1.29, 1.82) is 5.26 Å². The first kappa shape index (κ1) is 32.3. The maximum atomic E-state index is 14.1. The molecule has 45 heavy (non-hydrogen) atoms. The largest absolute Gasteiger partial charge is 0.383 e. The SMILES string of the molecule is C=Nc1c(Cl)cc(N[C@H](C2=CN(C3(C(=O)N4CCCC4)CC3)NN2)c2ccc(F)nc2C)cc1/C(NCC(C)(C)C)=C(\C)C#N. The van der Waals surface area contributed by atoms with E-state index >= 15 is 0 Å². The van der Waals surface area contributed by atoms with Crippen LogP contribution >= 0.6 is 11.6 Å². The third-order valence-electron chi connectivity index (χ3n) is 8.42. The Hall–Kier alpha value is -4.14.